The summed E-state index contributed by atoms with van der Waals surface area (Å²) in [6.45, 7) is 6.09. The van der Waals surface area contributed by atoms with Gasteiger partial charge in [-0.25, -0.2) is 13.5 Å². The highest BCUT2D eigenvalue weighted by atomic mass is 19.1. The summed E-state index contributed by atoms with van der Waals surface area (Å²) in [5, 5.41) is 15.6. The normalized spacial score (nSPS) is 22.0. The fourth-order valence-electron chi connectivity index (χ4n) is 4.46. The smallest absolute Gasteiger partial charge is 0.175 e. The monoisotopic (exact) mass is 347 g/mol. The van der Waals surface area contributed by atoms with E-state index in [0.29, 0.717) is 11.5 Å². The number of nitrogens with zero attached hydrogens (tertiary/aromatic N) is 4. The van der Waals surface area contributed by atoms with Crippen molar-refractivity contribution in [3.8, 4) is 0 Å². The third-order valence-electron chi connectivity index (χ3n) is 5.57. The van der Waals surface area contributed by atoms with Gasteiger partial charge in [0.1, 0.15) is 11.6 Å². The van der Waals surface area contributed by atoms with Gasteiger partial charge in [0.2, 0.25) is 0 Å². The molecule has 134 valence electrons. The summed E-state index contributed by atoms with van der Waals surface area (Å²) in [6.07, 6.45) is 4.96. The van der Waals surface area contributed by atoms with E-state index in [1.807, 2.05) is 20.8 Å². The van der Waals surface area contributed by atoms with Crippen LogP contribution in [0.5, 0.6) is 0 Å². The lowest BCUT2D eigenvalue weighted by molar-refractivity contribution is 0.244. The van der Waals surface area contributed by atoms with E-state index in [2.05, 4.69) is 20.8 Å². The number of tetrazole rings is 1. The van der Waals surface area contributed by atoms with Crippen LogP contribution in [0.1, 0.15) is 70.3 Å². The number of fused-ring (bicyclic) bond motifs is 2. The standard InChI is InChI=1S/C18H23F2N5/c1-17(2,3)25-16(22-23-24-25)15-18(7-5-4-6-8-18)12-9-11(19)10-13(20)14(12)21-15/h9-10,15,21H,4-8H2,1-3H3. The number of nitrogens with one attached hydrogen (secondary N) is 1. The van der Waals surface area contributed by atoms with Crippen LogP contribution in [0.2, 0.25) is 0 Å². The van der Waals surface area contributed by atoms with Gasteiger partial charge >= 0.3 is 0 Å². The minimum atomic E-state index is -0.544. The first kappa shape index (κ1) is 16.4. The van der Waals surface area contributed by atoms with Gasteiger partial charge in [-0.05, 0) is 55.7 Å². The van der Waals surface area contributed by atoms with Crippen LogP contribution in [0.4, 0.5) is 14.5 Å². The van der Waals surface area contributed by atoms with Gasteiger partial charge in [-0.3, -0.25) is 0 Å². The molecule has 1 aromatic heterocycles. The molecule has 1 unspecified atom stereocenters. The summed E-state index contributed by atoms with van der Waals surface area (Å²) in [7, 11) is 0. The Morgan fingerprint density at radius 2 is 1.88 bits per heavy atom. The van der Waals surface area contributed by atoms with E-state index >= 15 is 0 Å². The van der Waals surface area contributed by atoms with Crippen molar-refractivity contribution in [2.45, 2.75) is 69.9 Å². The molecule has 0 saturated heterocycles. The van der Waals surface area contributed by atoms with Gasteiger partial charge in [0, 0.05) is 11.5 Å². The first-order chi connectivity index (χ1) is 11.8. The second-order valence-electron chi connectivity index (χ2n) is 8.22. The van der Waals surface area contributed by atoms with E-state index in [1.54, 1.807) is 4.68 Å². The summed E-state index contributed by atoms with van der Waals surface area (Å²) in [5.74, 6) is -0.387. The lowest BCUT2D eigenvalue weighted by atomic mass is 9.66. The van der Waals surface area contributed by atoms with Gasteiger partial charge in [-0.15, -0.1) is 5.10 Å². The summed E-state index contributed by atoms with van der Waals surface area (Å²) in [5.41, 5.74) is 0.471. The van der Waals surface area contributed by atoms with Crippen LogP contribution >= 0.6 is 0 Å². The predicted molar refractivity (Wildman–Crippen MR) is 90.3 cm³/mol. The third-order valence-corrected chi connectivity index (χ3v) is 5.57. The minimum Gasteiger partial charge on any atom is -0.372 e. The molecule has 2 heterocycles. The third kappa shape index (κ3) is 2.43. The molecule has 2 aromatic rings. The van der Waals surface area contributed by atoms with Crippen molar-refractivity contribution in [1.82, 2.24) is 20.2 Å². The Hall–Kier alpha value is -2.05. The minimum absolute atomic E-state index is 0.256. The van der Waals surface area contributed by atoms with Crippen LogP contribution in [-0.2, 0) is 11.0 Å². The van der Waals surface area contributed by atoms with Crippen molar-refractivity contribution >= 4 is 5.69 Å². The Morgan fingerprint density at radius 3 is 2.56 bits per heavy atom. The number of benzene rings is 1. The van der Waals surface area contributed by atoms with Crippen LogP contribution in [0.3, 0.4) is 0 Å². The van der Waals surface area contributed by atoms with E-state index in [9.17, 15) is 8.78 Å². The van der Waals surface area contributed by atoms with E-state index in [-0.39, 0.29) is 17.0 Å². The molecular formula is C18H23F2N5. The molecule has 0 radical (unpaired) electrons. The quantitative estimate of drug-likeness (QED) is 0.845. The van der Waals surface area contributed by atoms with E-state index < -0.39 is 11.6 Å². The Balaban J connectivity index is 1.89. The van der Waals surface area contributed by atoms with Crippen molar-refractivity contribution in [3.05, 3.63) is 35.2 Å². The van der Waals surface area contributed by atoms with Crippen molar-refractivity contribution in [1.29, 1.82) is 0 Å². The van der Waals surface area contributed by atoms with Crippen molar-refractivity contribution in [2.24, 2.45) is 0 Å². The number of hydrogen-bond acceptors (Lipinski definition) is 4. The highest BCUT2D eigenvalue weighted by molar-refractivity contribution is 5.64. The fraction of sp³-hybridized carbons (Fsp3) is 0.611. The van der Waals surface area contributed by atoms with E-state index in [4.69, 9.17) is 0 Å². The van der Waals surface area contributed by atoms with Gasteiger partial charge in [0.25, 0.3) is 0 Å². The topological polar surface area (TPSA) is 55.6 Å². The molecule has 1 atom stereocenters. The second kappa shape index (κ2) is 5.47. The number of anilines is 1. The maximum atomic E-state index is 14.5. The largest absolute Gasteiger partial charge is 0.372 e. The van der Waals surface area contributed by atoms with Crippen LogP contribution in [0, 0.1) is 11.6 Å². The average molecular weight is 347 g/mol. The molecule has 7 heteroatoms. The zero-order chi connectivity index (χ0) is 17.8. The number of rotatable bonds is 1. The number of hydrogen-bond donors (Lipinski definition) is 1. The predicted octanol–water partition coefficient (Wildman–Crippen LogP) is 4.08. The lowest BCUT2D eigenvalue weighted by Crippen LogP contribution is -2.38. The Kier molecular flexibility index (Phi) is 3.60. The van der Waals surface area contributed by atoms with Crippen LogP contribution in [0.25, 0.3) is 0 Å². The van der Waals surface area contributed by atoms with Crippen molar-refractivity contribution in [3.63, 3.8) is 0 Å². The molecular weight excluding hydrogens is 324 g/mol. The maximum absolute atomic E-state index is 14.5. The zero-order valence-corrected chi connectivity index (χ0v) is 14.8. The van der Waals surface area contributed by atoms with Crippen LogP contribution in [-0.4, -0.2) is 20.2 Å². The SMILES string of the molecule is CC(C)(C)n1nnnc1C1Nc2c(F)cc(F)cc2C12CCCCC2. The molecule has 1 aliphatic carbocycles. The van der Waals surface area contributed by atoms with Crippen molar-refractivity contribution in [2.75, 3.05) is 5.32 Å². The van der Waals surface area contributed by atoms with Crippen LogP contribution in [0.15, 0.2) is 12.1 Å². The maximum Gasteiger partial charge on any atom is 0.175 e. The molecule has 1 spiro atoms. The van der Waals surface area contributed by atoms with Gasteiger partial charge in [-0.2, -0.15) is 0 Å². The average Bonchev–Trinajstić information content (AvgIpc) is 3.13. The molecule has 1 aromatic carbocycles. The van der Waals surface area contributed by atoms with Gasteiger partial charge in [0.05, 0.1) is 17.3 Å². The van der Waals surface area contributed by atoms with Crippen molar-refractivity contribution < 1.29 is 8.78 Å². The molecule has 2 aliphatic rings. The summed E-state index contributed by atoms with van der Waals surface area (Å²) >= 11 is 0. The lowest BCUT2D eigenvalue weighted by Gasteiger charge is -2.39. The molecule has 25 heavy (non-hydrogen) atoms. The molecule has 1 fully saturated rings. The second-order valence-corrected chi connectivity index (χ2v) is 8.22. The molecule has 0 amide bonds. The van der Waals surface area contributed by atoms with Crippen LogP contribution < -0.4 is 5.32 Å². The van der Waals surface area contributed by atoms with E-state index in [0.717, 1.165) is 43.7 Å². The first-order valence-electron chi connectivity index (χ1n) is 8.88. The Bertz CT molecular complexity index is 802. The van der Waals surface area contributed by atoms with Gasteiger partial charge in [-0.1, -0.05) is 19.3 Å². The summed E-state index contributed by atoms with van der Waals surface area (Å²) in [6, 6.07) is 2.17. The molecule has 5 nitrogen and oxygen atoms in total. The highest BCUT2D eigenvalue weighted by Gasteiger charge is 2.51. The van der Waals surface area contributed by atoms with Gasteiger partial charge in [0.15, 0.2) is 5.82 Å². The fourth-order valence-corrected chi connectivity index (χ4v) is 4.46. The molecule has 1 aliphatic heterocycles. The molecule has 4 rings (SSSR count). The molecule has 1 N–H and O–H groups in total. The Morgan fingerprint density at radius 1 is 1.16 bits per heavy atom. The molecule has 0 bridgehead atoms. The summed E-state index contributed by atoms with van der Waals surface area (Å²) in [4.78, 5) is 0. The molecule has 1 saturated carbocycles. The first-order valence-corrected chi connectivity index (χ1v) is 8.88. The number of aromatic nitrogens is 4. The van der Waals surface area contributed by atoms with E-state index in [1.165, 1.54) is 6.07 Å². The highest BCUT2D eigenvalue weighted by Crippen LogP contribution is 2.56. The summed E-state index contributed by atoms with van der Waals surface area (Å²) < 4.78 is 30.3. The van der Waals surface area contributed by atoms with Gasteiger partial charge < -0.3 is 5.32 Å². The Labute approximate surface area is 145 Å². The number of halogens is 2. The zero-order valence-electron chi connectivity index (χ0n) is 14.8.